The number of rotatable bonds is 6. The van der Waals surface area contributed by atoms with E-state index in [1.807, 2.05) is 6.92 Å². The zero-order valence-corrected chi connectivity index (χ0v) is 18.4. The van der Waals surface area contributed by atoms with Crippen molar-refractivity contribution in [2.45, 2.75) is 13.8 Å². The molecular weight excluding hydrogens is 418 g/mol. The summed E-state index contributed by atoms with van der Waals surface area (Å²) in [4.78, 5) is 17.5. The molecule has 0 radical (unpaired) electrons. The van der Waals surface area contributed by atoms with Gasteiger partial charge in [-0.15, -0.1) is 0 Å². The first kappa shape index (κ1) is 22.3. The molecule has 0 aromatic heterocycles. The Balaban J connectivity index is 2.10. The lowest BCUT2D eigenvalue weighted by atomic mass is 10.1. The van der Waals surface area contributed by atoms with Crippen molar-refractivity contribution in [1.29, 1.82) is 0 Å². The highest BCUT2D eigenvalue weighted by Gasteiger charge is 2.33. The van der Waals surface area contributed by atoms with Crippen LogP contribution in [0.4, 0.5) is 5.69 Å². The Morgan fingerprint density at radius 1 is 1.13 bits per heavy atom. The molecule has 0 amide bonds. The van der Waals surface area contributed by atoms with Crippen LogP contribution in [-0.4, -0.2) is 42.1 Å². The SMILES string of the molecule is CCOC(=O)C1=C(O)/C(=C\c2cc(C)ccc2O)SC1=Nc1ccc(OC)cc1OC. The fourth-order valence-electron chi connectivity index (χ4n) is 2.91. The summed E-state index contributed by atoms with van der Waals surface area (Å²) in [6, 6.07) is 10.2. The number of nitrogens with zero attached hydrogens (tertiary/aromatic N) is 1. The molecule has 2 N–H and O–H groups in total. The molecule has 0 atom stereocenters. The van der Waals surface area contributed by atoms with Gasteiger partial charge in [0, 0.05) is 11.6 Å². The maximum atomic E-state index is 12.6. The number of aliphatic hydroxyl groups excluding tert-OH is 1. The van der Waals surface area contributed by atoms with Crippen molar-refractivity contribution >= 4 is 34.5 Å². The molecule has 0 fully saturated rings. The number of ether oxygens (including phenoxy) is 3. The fraction of sp³-hybridized carbons (Fsp3) is 0.217. The second-order valence-corrected chi connectivity index (χ2v) is 7.60. The third-order valence-corrected chi connectivity index (χ3v) is 5.47. The molecule has 8 heteroatoms. The minimum atomic E-state index is -0.685. The molecule has 7 nitrogen and oxygen atoms in total. The Bertz CT molecular complexity index is 1100. The van der Waals surface area contributed by atoms with Crippen molar-refractivity contribution in [3.63, 3.8) is 0 Å². The average Bonchev–Trinajstić information content (AvgIpc) is 3.05. The predicted octanol–water partition coefficient (Wildman–Crippen LogP) is 4.91. The molecule has 31 heavy (non-hydrogen) atoms. The molecule has 0 unspecified atom stereocenters. The summed E-state index contributed by atoms with van der Waals surface area (Å²) in [5.41, 5.74) is 1.88. The molecule has 1 heterocycles. The van der Waals surface area contributed by atoms with Crippen LogP contribution in [0.5, 0.6) is 17.2 Å². The normalized spacial score (nSPS) is 16.1. The molecule has 1 aliphatic heterocycles. The minimum Gasteiger partial charge on any atom is -0.507 e. The number of hydrogen-bond donors (Lipinski definition) is 2. The van der Waals surface area contributed by atoms with Crippen LogP contribution in [0.2, 0.25) is 0 Å². The number of aromatic hydroxyl groups is 1. The summed E-state index contributed by atoms with van der Waals surface area (Å²) < 4.78 is 15.7. The molecule has 0 saturated carbocycles. The van der Waals surface area contributed by atoms with E-state index in [2.05, 4.69) is 4.99 Å². The van der Waals surface area contributed by atoms with Crippen LogP contribution in [0.25, 0.3) is 6.08 Å². The zero-order valence-electron chi connectivity index (χ0n) is 17.6. The van der Waals surface area contributed by atoms with E-state index in [0.717, 1.165) is 17.3 Å². The van der Waals surface area contributed by atoms with Gasteiger partial charge >= 0.3 is 5.97 Å². The van der Waals surface area contributed by atoms with Gasteiger partial charge in [0.15, 0.2) is 0 Å². The number of aliphatic imine (C=N–C) groups is 1. The topological polar surface area (TPSA) is 97.6 Å². The first-order valence-corrected chi connectivity index (χ1v) is 10.3. The van der Waals surface area contributed by atoms with Gasteiger partial charge in [-0.25, -0.2) is 9.79 Å². The maximum Gasteiger partial charge on any atom is 0.344 e. The summed E-state index contributed by atoms with van der Waals surface area (Å²) >= 11 is 1.10. The zero-order chi connectivity index (χ0) is 22.5. The minimum absolute atomic E-state index is 0.0388. The molecule has 162 valence electrons. The van der Waals surface area contributed by atoms with Crippen LogP contribution in [-0.2, 0) is 9.53 Å². The Hall–Kier alpha value is -3.39. The number of carbonyl (C=O) groups excluding carboxylic acids is 1. The smallest absolute Gasteiger partial charge is 0.344 e. The number of methoxy groups -OCH3 is 2. The molecule has 3 rings (SSSR count). The van der Waals surface area contributed by atoms with E-state index >= 15 is 0 Å². The molecule has 2 aromatic rings. The van der Waals surface area contributed by atoms with Crippen molar-refractivity contribution in [3.8, 4) is 17.2 Å². The van der Waals surface area contributed by atoms with E-state index in [4.69, 9.17) is 14.2 Å². The summed E-state index contributed by atoms with van der Waals surface area (Å²) in [6.07, 6.45) is 1.61. The number of carbonyl (C=O) groups is 1. The molecule has 1 aliphatic rings. The first-order chi connectivity index (χ1) is 14.9. The first-order valence-electron chi connectivity index (χ1n) is 9.48. The summed E-state index contributed by atoms with van der Waals surface area (Å²) in [6.45, 7) is 3.73. The number of phenolic OH excluding ortho intramolecular Hbond substituents is 1. The Morgan fingerprint density at radius 3 is 2.58 bits per heavy atom. The van der Waals surface area contributed by atoms with Gasteiger partial charge in [-0.2, -0.15) is 0 Å². The molecule has 0 bridgehead atoms. The van der Waals surface area contributed by atoms with Gasteiger partial charge < -0.3 is 24.4 Å². The highest BCUT2D eigenvalue weighted by molar-refractivity contribution is 8.18. The number of hydrogen-bond acceptors (Lipinski definition) is 8. The molecule has 2 aromatic carbocycles. The Kier molecular flexibility index (Phi) is 6.91. The van der Waals surface area contributed by atoms with E-state index < -0.39 is 5.97 Å². The van der Waals surface area contributed by atoms with E-state index in [-0.39, 0.29) is 28.7 Å². The second kappa shape index (κ2) is 9.61. The summed E-state index contributed by atoms with van der Waals surface area (Å²) in [5, 5.41) is 21.2. The number of thioether (sulfide) groups is 1. The van der Waals surface area contributed by atoms with Gasteiger partial charge in [-0.3, -0.25) is 0 Å². The van der Waals surface area contributed by atoms with Gasteiger partial charge in [0.25, 0.3) is 0 Å². The summed E-state index contributed by atoms with van der Waals surface area (Å²) in [7, 11) is 3.05. The van der Waals surface area contributed by atoms with E-state index in [1.54, 1.807) is 56.5 Å². The molecular formula is C23H23NO6S. The lowest BCUT2D eigenvalue weighted by Crippen LogP contribution is -2.12. The number of phenols is 1. The van der Waals surface area contributed by atoms with E-state index in [9.17, 15) is 15.0 Å². The van der Waals surface area contributed by atoms with Crippen LogP contribution in [0.3, 0.4) is 0 Å². The summed E-state index contributed by atoms with van der Waals surface area (Å²) in [5.74, 6) is 0.167. The third-order valence-electron chi connectivity index (χ3n) is 4.45. The highest BCUT2D eigenvalue weighted by Crippen LogP contribution is 2.42. The van der Waals surface area contributed by atoms with E-state index in [0.29, 0.717) is 27.7 Å². The third kappa shape index (κ3) is 4.86. The number of benzene rings is 2. The van der Waals surface area contributed by atoms with Gasteiger partial charge in [-0.1, -0.05) is 23.4 Å². The Labute approximate surface area is 184 Å². The van der Waals surface area contributed by atoms with Crippen LogP contribution < -0.4 is 9.47 Å². The Morgan fingerprint density at radius 2 is 1.90 bits per heavy atom. The van der Waals surface area contributed by atoms with Gasteiger partial charge in [-0.05, 0) is 44.2 Å². The average molecular weight is 442 g/mol. The van der Waals surface area contributed by atoms with E-state index in [1.165, 1.54) is 7.11 Å². The number of aliphatic hydroxyl groups is 1. The number of aryl methyl sites for hydroxylation is 1. The largest absolute Gasteiger partial charge is 0.507 e. The lowest BCUT2D eigenvalue weighted by molar-refractivity contribution is -0.138. The van der Waals surface area contributed by atoms with Crippen LogP contribution in [0.15, 0.2) is 57.6 Å². The van der Waals surface area contributed by atoms with Gasteiger partial charge in [0.1, 0.15) is 39.3 Å². The fourth-order valence-corrected chi connectivity index (χ4v) is 3.93. The van der Waals surface area contributed by atoms with Crippen LogP contribution >= 0.6 is 11.8 Å². The molecule has 0 saturated heterocycles. The highest BCUT2D eigenvalue weighted by atomic mass is 32.2. The molecule has 0 spiro atoms. The van der Waals surface area contributed by atoms with Crippen LogP contribution in [0, 0.1) is 6.92 Å². The second-order valence-electron chi connectivity index (χ2n) is 6.57. The van der Waals surface area contributed by atoms with Gasteiger partial charge in [0.05, 0.1) is 25.7 Å². The van der Waals surface area contributed by atoms with Gasteiger partial charge in [0.2, 0.25) is 0 Å². The lowest BCUT2D eigenvalue weighted by Gasteiger charge is -2.08. The number of esters is 1. The predicted molar refractivity (Wildman–Crippen MR) is 121 cm³/mol. The van der Waals surface area contributed by atoms with Crippen molar-refractivity contribution in [3.05, 3.63) is 63.8 Å². The standard InChI is InChI=1S/C23H23NO6S/c1-5-30-23(27)20-21(26)19(11-14-10-13(2)6-9-17(14)25)31-22(20)24-16-8-7-15(28-3)12-18(16)29-4/h6-12,25-26H,5H2,1-4H3/b19-11+,24-22?. The maximum absolute atomic E-state index is 12.6. The van der Waals surface area contributed by atoms with Crippen molar-refractivity contribution in [2.75, 3.05) is 20.8 Å². The quantitative estimate of drug-likeness (QED) is 0.615. The van der Waals surface area contributed by atoms with Crippen molar-refractivity contribution in [2.24, 2.45) is 4.99 Å². The monoisotopic (exact) mass is 441 g/mol. The van der Waals surface area contributed by atoms with Crippen molar-refractivity contribution < 1.29 is 29.2 Å². The molecule has 0 aliphatic carbocycles. The van der Waals surface area contributed by atoms with Crippen molar-refractivity contribution in [1.82, 2.24) is 0 Å². The van der Waals surface area contributed by atoms with Crippen LogP contribution in [0.1, 0.15) is 18.1 Å².